The second kappa shape index (κ2) is 7.10. The number of benzene rings is 2. The number of hydrogen-bond acceptors (Lipinski definition) is 1. The summed E-state index contributed by atoms with van der Waals surface area (Å²) in [5.74, 6) is 0. The maximum atomic E-state index is 6.05. The van der Waals surface area contributed by atoms with Crippen molar-refractivity contribution in [1.82, 2.24) is 0 Å². The van der Waals surface area contributed by atoms with Gasteiger partial charge < -0.3 is 5.73 Å². The monoisotopic (exact) mass is 253 g/mol. The van der Waals surface area contributed by atoms with Crippen molar-refractivity contribution in [2.45, 2.75) is 38.6 Å². The topological polar surface area (TPSA) is 26.0 Å². The van der Waals surface area contributed by atoms with Crippen LogP contribution in [0.2, 0.25) is 0 Å². The average Bonchev–Trinajstić information content (AvgIpc) is 2.47. The van der Waals surface area contributed by atoms with E-state index in [1.165, 1.54) is 23.1 Å². The predicted molar refractivity (Wildman–Crippen MR) is 83.1 cm³/mol. The van der Waals surface area contributed by atoms with E-state index in [9.17, 15) is 0 Å². The lowest BCUT2D eigenvalue weighted by Gasteiger charge is -2.10. The second-order valence-corrected chi connectivity index (χ2v) is 5.15. The summed E-state index contributed by atoms with van der Waals surface area (Å²) >= 11 is 0. The maximum absolute atomic E-state index is 6.05. The minimum absolute atomic E-state index is 0.346. The molecule has 0 spiro atoms. The molecule has 0 saturated heterocycles. The van der Waals surface area contributed by atoms with E-state index in [1.54, 1.807) is 0 Å². The van der Waals surface area contributed by atoms with Crippen molar-refractivity contribution in [3.05, 3.63) is 60.2 Å². The van der Waals surface area contributed by atoms with Crippen LogP contribution in [-0.2, 0) is 6.42 Å². The van der Waals surface area contributed by atoms with E-state index >= 15 is 0 Å². The van der Waals surface area contributed by atoms with E-state index in [1.807, 2.05) is 6.07 Å². The number of aryl methyl sites for hydroxylation is 1. The highest BCUT2D eigenvalue weighted by Gasteiger charge is 2.02. The molecule has 1 unspecified atom stereocenters. The molecule has 19 heavy (non-hydrogen) atoms. The molecule has 0 aliphatic rings. The molecule has 0 bridgehead atoms. The lowest BCUT2D eigenvalue weighted by atomic mass is 9.99. The second-order valence-electron chi connectivity index (χ2n) is 5.15. The Morgan fingerprint density at radius 2 is 1.47 bits per heavy atom. The summed E-state index contributed by atoms with van der Waals surface area (Å²) in [6.07, 6.45) is 4.46. The third-order valence-electron chi connectivity index (χ3n) is 3.52. The Hall–Kier alpha value is -1.60. The van der Waals surface area contributed by atoms with E-state index in [4.69, 9.17) is 5.73 Å². The summed E-state index contributed by atoms with van der Waals surface area (Å²) in [5, 5.41) is 0. The first-order valence-corrected chi connectivity index (χ1v) is 7.19. The molecule has 0 aliphatic heterocycles. The highest BCUT2D eigenvalue weighted by atomic mass is 14.6. The summed E-state index contributed by atoms with van der Waals surface area (Å²) in [6, 6.07) is 19.7. The molecular formula is C18H23N. The van der Waals surface area contributed by atoms with Gasteiger partial charge in [0.1, 0.15) is 0 Å². The minimum atomic E-state index is 0.346. The normalized spacial score (nSPS) is 12.3. The van der Waals surface area contributed by atoms with Crippen molar-refractivity contribution in [3.8, 4) is 11.1 Å². The molecule has 0 saturated carbocycles. The van der Waals surface area contributed by atoms with E-state index in [0.29, 0.717) is 6.04 Å². The number of rotatable bonds is 6. The minimum Gasteiger partial charge on any atom is -0.328 e. The van der Waals surface area contributed by atoms with Gasteiger partial charge in [-0.05, 0) is 36.0 Å². The molecule has 2 aromatic carbocycles. The third kappa shape index (κ3) is 4.22. The Bertz CT molecular complexity index is 473. The van der Waals surface area contributed by atoms with Gasteiger partial charge in [0.15, 0.2) is 0 Å². The smallest absolute Gasteiger partial charge is 0.00418 e. The standard InChI is InChI=1S/C18H23N/c1-2-6-18(19)14-11-15-9-12-17(13-10-15)16-7-4-3-5-8-16/h3-5,7-10,12-13,18H,2,6,11,14,19H2,1H3. The molecular weight excluding hydrogens is 230 g/mol. The third-order valence-corrected chi connectivity index (χ3v) is 3.52. The summed E-state index contributed by atoms with van der Waals surface area (Å²) in [7, 11) is 0. The molecule has 1 atom stereocenters. The van der Waals surface area contributed by atoms with Crippen LogP contribution in [0.4, 0.5) is 0 Å². The molecule has 0 aliphatic carbocycles. The zero-order valence-corrected chi connectivity index (χ0v) is 11.7. The van der Waals surface area contributed by atoms with Gasteiger partial charge in [-0.3, -0.25) is 0 Å². The fraction of sp³-hybridized carbons (Fsp3) is 0.333. The fourth-order valence-electron chi connectivity index (χ4n) is 2.36. The van der Waals surface area contributed by atoms with Gasteiger partial charge in [-0.1, -0.05) is 67.9 Å². The van der Waals surface area contributed by atoms with Crippen LogP contribution >= 0.6 is 0 Å². The van der Waals surface area contributed by atoms with Crippen molar-refractivity contribution in [2.24, 2.45) is 5.73 Å². The van der Waals surface area contributed by atoms with Gasteiger partial charge in [-0.25, -0.2) is 0 Å². The Morgan fingerprint density at radius 3 is 2.11 bits per heavy atom. The molecule has 2 rings (SSSR count). The molecule has 100 valence electrons. The summed E-state index contributed by atoms with van der Waals surface area (Å²) in [4.78, 5) is 0. The summed E-state index contributed by atoms with van der Waals surface area (Å²) in [5.41, 5.74) is 9.99. The molecule has 0 radical (unpaired) electrons. The Kier molecular flexibility index (Phi) is 5.17. The molecule has 1 nitrogen and oxygen atoms in total. The van der Waals surface area contributed by atoms with Gasteiger partial charge in [0, 0.05) is 6.04 Å². The van der Waals surface area contributed by atoms with Gasteiger partial charge in [0.2, 0.25) is 0 Å². The van der Waals surface area contributed by atoms with Crippen LogP contribution in [0.1, 0.15) is 31.7 Å². The zero-order chi connectivity index (χ0) is 13.5. The highest BCUT2D eigenvalue weighted by molar-refractivity contribution is 5.63. The fourth-order valence-corrected chi connectivity index (χ4v) is 2.36. The Morgan fingerprint density at radius 1 is 0.842 bits per heavy atom. The lowest BCUT2D eigenvalue weighted by Crippen LogP contribution is -2.20. The van der Waals surface area contributed by atoms with E-state index < -0.39 is 0 Å². The largest absolute Gasteiger partial charge is 0.328 e. The Balaban J connectivity index is 1.95. The molecule has 0 heterocycles. The van der Waals surface area contributed by atoms with Crippen LogP contribution in [0.3, 0.4) is 0 Å². The SMILES string of the molecule is CCCC(N)CCc1ccc(-c2ccccc2)cc1. The first kappa shape index (κ1) is 13.8. The van der Waals surface area contributed by atoms with Crippen LogP contribution in [0.5, 0.6) is 0 Å². The van der Waals surface area contributed by atoms with Gasteiger partial charge in [-0.2, -0.15) is 0 Å². The number of nitrogens with two attached hydrogens (primary N) is 1. The van der Waals surface area contributed by atoms with Crippen LogP contribution in [-0.4, -0.2) is 6.04 Å². The molecule has 0 fully saturated rings. The number of hydrogen-bond donors (Lipinski definition) is 1. The summed E-state index contributed by atoms with van der Waals surface area (Å²) < 4.78 is 0. The van der Waals surface area contributed by atoms with Crippen molar-refractivity contribution in [1.29, 1.82) is 0 Å². The van der Waals surface area contributed by atoms with Gasteiger partial charge in [0.05, 0.1) is 0 Å². The van der Waals surface area contributed by atoms with Gasteiger partial charge in [-0.15, -0.1) is 0 Å². The van der Waals surface area contributed by atoms with Crippen LogP contribution in [0.15, 0.2) is 54.6 Å². The van der Waals surface area contributed by atoms with Crippen molar-refractivity contribution in [2.75, 3.05) is 0 Å². The summed E-state index contributed by atoms with van der Waals surface area (Å²) in [6.45, 7) is 2.19. The van der Waals surface area contributed by atoms with E-state index in [2.05, 4.69) is 55.5 Å². The Labute approximate surface area is 116 Å². The first-order valence-electron chi connectivity index (χ1n) is 7.19. The first-order chi connectivity index (χ1) is 9.29. The van der Waals surface area contributed by atoms with Crippen LogP contribution in [0.25, 0.3) is 11.1 Å². The van der Waals surface area contributed by atoms with E-state index in [0.717, 1.165) is 19.3 Å². The lowest BCUT2D eigenvalue weighted by molar-refractivity contribution is 0.561. The quantitative estimate of drug-likeness (QED) is 0.810. The predicted octanol–water partition coefficient (Wildman–Crippen LogP) is 4.41. The van der Waals surface area contributed by atoms with E-state index in [-0.39, 0.29) is 0 Å². The van der Waals surface area contributed by atoms with Gasteiger partial charge in [0.25, 0.3) is 0 Å². The van der Waals surface area contributed by atoms with Crippen LogP contribution in [0, 0.1) is 0 Å². The molecule has 2 N–H and O–H groups in total. The van der Waals surface area contributed by atoms with Crippen LogP contribution < -0.4 is 5.73 Å². The molecule has 2 aromatic rings. The van der Waals surface area contributed by atoms with Crippen molar-refractivity contribution < 1.29 is 0 Å². The van der Waals surface area contributed by atoms with Crippen molar-refractivity contribution >= 4 is 0 Å². The zero-order valence-electron chi connectivity index (χ0n) is 11.7. The average molecular weight is 253 g/mol. The molecule has 1 heteroatoms. The van der Waals surface area contributed by atoms with Gasteiger partial charge >= 0.3 is 0 Å². The highest BCUT2D eigenvalue weighted by Crippen LogP contribution is 2.19. The molecule has 0 aromatic heterocycles. The van der Waals surface area contributed by atoms with Crippen molar-refractivity contribution in [3.63, 3.8) is 0 Å². The maximum Gasteiger partial charge on any atom is 0.00418 e. The molecule has 0 amide bonds.